The second kappa shape index (κ2) is 11.2. The van der Waals surface area contributed by atoms with E-state index in [-0.39, 0.29) is 16.8 Å². The largest absolute Gasteiger partial charge is 0.369 e. The third-order valence-electron chi connectivity index (χ3n) is 5.85. The van der Waals surface area contributed by atoms with E-state index in [0.717, 1.165) is 49.0 Å². The summed E-state index contributed by atoms with van der Waals surface area (Å²) in [5, 5.41) is 13.4. The number of hydrogen-bond acceptors (Lipinski definition) is 6. The lowest BCUT2D eigenvalue weighted by Crippen LogP contribution is -2.45. The molecule has 1 atom stereocenters. The Morgan fingerprint density at radius 1 is 0.971 bits per heavy atom. The molecule has 8 heteroatoms. The van der Waals surface area contributed by atoms with Crippen molar-refractivity contribution in [2.45, 2.75) is 23.6 Å². The maximum Gasteiger partial charge on any atom is 0.269 e. The molecule has 1 unspecified atom stereocenters. The first kappa shape index (κ1) is 23.8. The molecule has 176 valence electrons. The van der Waals surface area contributed by atoms with Gasteiger partial charge in [0.2, 0.25) is 5.91 Å². The van der Waals surface area contributed by atoms with Gasteiger partial charge in [-0.1, -0.05) is 30.3 Å². The molecule has 0 spiro atoms. The lowest BCUT2D eigenvalue weighted by molar-refractivity contribution is -0.384. The number of thioether (sulfide) groups is 1. The molecule has 34 heavy (non-hydrogen) atoms. The molecule has 1 aliphatic heterocycles. The van der Waals surface area contributed by atoms with Gasteiger partial charge >= 0.3 is 0 Å². The van der Waals surface area contributed by atoms with Crippen LogP contribution in [-0.2, 0) is 11.3 Å². The number of nitrogens with zero attached hydrogens (tertiary/aromatic N) is 3. The Bertz CT molecular complexity index is 1100. The fourth-order valence-electron chi connectivity index (χ4n) is 3.91. The van der Waals surface area contributed by atoms with Crippen LogP contribution in [0.3, 0.4) is 0 Å². The zero-order chi connectivity index (χ0) is 23.9. The fraction of sp³-hybridized carbons (Fsp3) is 0.269. The van der Waals surface area contributed by atoms with E-state index in [1.165, 1.54) is 29.5 Å². The topological polar surface area (TPSA) is 78.7 Å². The predicted octanol–water partition coefficient (Wildman–Crippen LogP) is 5.04. The minimum Gasteiger partial charge on any atom is -0.369 e. The molecule has 1 N–H and O–H groups in total. The Kier molecular flexibility index (Phi) is 7.82. The molecule has 0 bridgehead atoms. The zero-order valence-electron chi connectivity index (χ0n) is 19.1. The van der Waals surface area contributed by atoms with E-state index >= 15 is 0 Å². The Morgan fingerprint density at radius 2 is 1.62 bits per heavy atom. The van der Waals surface area contributed by atoms with Crippen molar-refractivity contribution in [3.63, 3.8) is 0 Å². The summed E-state index contributed by atoms with van der Waals surface area (Å²) in [4.78, 5) is 28.6. The van der Waals surface area contributed by atoms with E-state index < -0.39 is 4.92 Å². The minimum absolute atomic E-state index is 0.0409. The number of amides is 1. The molecule has 0 radical (unpaired) electrons. The molecule has 7 nitrogen and oxygen atoms in total. The van der Waals surface area contributed by atoms with Crippen molar-refractivity contribution in [2.24, 2.45) is 0 Å². The summed E-state index contributed by atoms with van der Waals surface area (Å²) in [6.45, 7) is 6.79. The van der Waals surface area contributed by atoms with Crippen molar-refractivity contribution in [3.05, 3.63) is 94.5 Å². The molecule has 0 saturated carbocycles. The molecule has 0 aromatic heterocycles. The Balaban J connectivity index is 1.25. The first-order valence-corrected chi connectivity index (χ1v) is 12.2. The number of non-ortho nitro benzene ring substituents is 1. The van der Waals surface area contributed by atoms with Gasteiger partial charge in [-0.15, -0.1) is 11.8 Å². The number of nitrogens with one attached hydrogen (secondary N) is 1. The van der Waals surface area contributed by atoms with Gasteiger partial charge in [0.05, 0.1) is 10.2 Å². The fourth-order valence-corrected chi connectivity index (χ4v) is 4.78. The van der Waals surface area contributed by atoms with Crippen molar-refractivity contribution in [1.29, 1.82) is 0 Å². The second-order valence-corrected chi connectivity index (χ2v) is 9.71. The van der Waals surface area contributed by atoms with Crippen molar-refractivity contribution in [3.8, 4) is 0 Å². The van der Waals surface area contributed by atoms with Crippen LogP contribution in [0.2, 0.25) is 0 Å². The van der Waals surface area contributed by atoms with E-state index in [1.54, 1.807) is 12.1 Å². The van der Waals surface area contributed by atoms with E-state index in [0.29, 0.717) is 0 Å². The predicted molar refractivity (Wildman–Crippen MR) is 137 cm³/mol. The van der Waals surface area contributed by atoms with Crippen molar-refractivity contribution in [1.82, 2.24) is 4.90 Å². The van der Waals surface area contributed by atoms with Crippen LogP contribution in [0.4, 0.5) is 17.1 Å². The van der Waals surface area contributed by atoms with Crippen LogP contribution in [-0.4, -0.2) is 47.2 Å². The molecule has 1 amide bonds. The Labute approximate surface area is 203 Å². The van der Waals surface area contributed by atoms with Crippen LogP contribution < -0.4 is 10.2 Å². The highest BCUT2D eigenvalue weighted by molar-refractivity contribution is 8.00. The van der Waals surface area contributed by atoms with Crippen molar-refractivity contribution in [2.75, 3.05) is 36.4 Å². The van der Waals surface area contributed by atoms with Crippen LogP contribution in [0.25, 0.3) is 0 Å². The number of hydrogen-bond donors (Lipinski definition) is 1. The number of anilines is 2. The molecule has 1 fully saturated rings. The second-order valence-electron chi connectivity index (χ2n) is 8.30. The quantitative estimate of drug-likeness (QED) is 0.279. The maximum absolute atomic E-state index is 12.6. The third kappa shape index (κ3) is 6.36. The summed E-state index contributed by atoms with van der Waals surface area (Å²) >= 11 is 1.37. The summed E-state index contributed by atoms with van der Waals surface area (Å²) in [6, 6.07) is 24.8. The van der Waals surface area contributed by atoms with Gasteiger partial charge in [-0.05, 0) is 48.9 Å². The van der Waals surface area contributed by atoms with Crippen molar-refractivity contribution < 1.29 is 9.72 Å². The first-order chi connectivity index (χ1) is 16.5. The zero-order valence-corrected chi connectivity index (χ0v) is 19.9. The Morgan fingerprint density at radius 3 is 2.24 bits per heavy atom. The monoisotopic (exact) mass is 476 g/mol. The average molecular weight is 477 g/mol. The summed E-state index contributed by atoms with van der Waals surface area (Å²) in [6.07, 6.45) is 0. The summed E-state index contributed by atoms with van der Waals surface area (Å²) in [7, 11) is 0. The lowest BCUT2D eigenvalue weighted by atomic mass is 10.2. The molecule has 4 rings (SSSR count). The first-order valence-electron chi connectivity index (χ1n) is 11.3. The van der Waals surface area contributed by atoms with Gasteiger partial charge in [0, 0.05) is 61.1 Å². The van der Waals surface area contributed by atoms with Gasteiger partial charge in [-0.3, -0.25) is 19.8 Å². The van der Waals surface area contributed by atoms with Gasteiger partial charge in [-0.25, -0.2) is 0 Å². The number of benzene rings is 3. The number of carbonyl (C=O) groups excluding carboxylic acids is 1. The van der Waals surface area contributed by atoms with Gasteiger partial charge in [-0.2, -0.15) is 0 Å². The SMILES string of the molecule is CC(Sc1ccc([N+](=O)[O-])cc1)C(=O)Nc1ccc(N2CCN(Cc3ccccc3)CC2)cc1. The van der Waals surface area contributed by atoms with Crippen LogP contribution in [0.15, 0.2) is 83.8 Å². The van der Waals surface area contributed by atoms with Crippen molar-refractivity contribution >= 4 is 34.7 Å². The molecule has 1 saturated heterocycles. The average Bonchev–Trinajstić information content (AvgIpc) is 2.86. The molecule has 1 aliphatic rings. The molecule has 1 heterocycles. The maximum atomic E-state index is 12.6. The third-order valence-corrected chi connectivity index (χ3v) is 6.96. The minimum atomic E-state index is -0.432. The number of rotatable bonds is 8. The number of nitro groups is 1. The lowest BCUT2D eigenvalue weighted by Gasteiger charge is -2.36. The van der Waals surface area contributed by atoms with E-state index in [1.807, 2.05) is 25.1 Å². The molecule has 3 aromatic rings. The van der Waals surface area contributed by atoms with Gasteiger partial charge < -0.3 is 10.2 Å². The summed E-state index contributed by atoms with van der Waals surface area (Å²) < 4.78 is 0. The number of piperazine rings is 1. The standard InChI is InChI=1S/C26H28N4O3S/c1-20(34-25-13-11-24(12-14-25)30(32)33)26(31)27-22-7-9-23(10-8-22)29-17-15-28(16-18-29)19-21-5-3-2-4-6-21/h2-14,20H,15-19H2,1H3,(H,27,31). The van der Waals surface area contributed by atoms with Crippen LogP contribution in [0.5, 0.6) is 0 Å². The highest BCUT2D eigenvalue weighted by Gasteiger charge is 2.18. The van der Waals surface area contributed by atoms with E-state index in [9.17, 15) is 14.9 Å². The number of nitro benzene ring substituents is 1. The molecule has 0 aliphatic carbocycles. The van der Waals surface area contributed by atoms with Crippen LogP contribution in [0.1, 0.15) is 12.5 Å². The highest BCUT2D eigenvalue weighted by Crippen LogP contribution is 2.27. The highest BCUT2D eigenvalue weighted by atomic mass is 32.2. The van der Waals surface area contributed by atoms with Gasteiger partial charge in [0.15, 0.2) is 0 Å². The normalized spacial score (nSPS) is 15.0. The van der Waals surface area contributed by atoms with E-state index in [2.05, 4.69) is 51.5 Å². The molecule has 3 aromatic carbocycles. The van der Waals surface area contributed by atoms with Gasteiger partial charge in [0.1, 0.15) is 0 Å². The molecular weight excluding hydrogens is 448 g/mol. The smallest absolute Gasteiger partial charge is 0.269 e. The summed E-state index contributed by atoms with van der Waals surface area (Å²) in [5.74, 6) is -0.106. The summed E-state index contributed by atoms with van der Waals surface area (Å²) in [5.41, 5.74) is 3.30. The number of carbonyl (C=O) groups is 1. The Hall–Kier alpha value is -3.36. The van der Waals surface area contributed by atoms with Crippen LogP contribution in [0, 0.1) is 10.1 Å². The molecular formula is C26H28N4O3S. The van der Waals surface area contributed by atoms with Gasteiger partial charge in [0.25, 0.3) is 5.69 Å². The van der Waals surface area contributed by atoms with Crippen LogP contribution >= 0.6 is 11.8 Å². The van der Waals surface area contributed by atoms with E-state index in [4.69, 9.17) is 0 Å².